The first-order valence-corrected chi connectivity index (χ1v) is 9.48. The number of likely N-dealkylation sites (N-methyl/N-ethyl adjacent to an activating group) is 1. The molecule has 1 aromatic carbocycles. The van der Waals surface area contributed by atoms with Gasteiger partial charge < -0.3 is 4.90 Å². The van der Waals surface area contributed by atoms with Gasteiger partial charge in [-0.3, -0.25) is 19.3 Å². The summed E-state index contributed by atoms with van der Waals surface area (Å²) in [5, 5.41) is 0. The number of likely N-dealkylation sites (tertiary alicyclic amines) is 1. The average Bonchev–Trinajstić information content (AvgIpc) is 3.33. The van der Waals surface area contributed by atoms with Crippen molar-refractivity contribution in [1.82, 2.24) is 4.90 Å². The lowest BCUT2D eigenvalue weighted by Crippen LogP contribution is -2.44. The van der Waals surface area contributed by atoms with Crippen LogP contribution in [0, 0.1) is 23.7 Å². The molecule has 1 saturated heterocycles. The van der Waals surface area contributed by atoms with Crippen LogP contribution in [0.1, 0.15) is 25.8 Å². The molecule has 4 rings (SSSR count). The SMILES string of the molecule is CCc1ccc(N(CC)C(=O)CN2C(=O)[C@@H]3[C@H](C2=O)[C@H]2C=C[C@H]3C2)cc1. The summed E-state index contributed by atoms with van der Waals surface area (Å²) in [6, 6.07) is 7.86. The highest BCUT2D eigenvalue weighted by atomic mass is 16.2. The number of allylic oxidation sites excluding steroid dienone is 2. The topological polar surface area (TPSA) is 57.7 Å². The summed E-state index contributed by atoms with van der Waals surface area (Å²) in [6.45, 7) is 4.33. The molecule has 136 valence electrons. The van der Waals surface area contributed by atoms with Crippen LogP contribution in [0.4, 0.5) is 5.69 Å². The lowest BCUT2D eigenvalue weighted by atomic mass is 9.85. The minimum atomic E-state index is -0.246. The summed E-state index contributed by atoms with van der Waals surface area (Å²) in [7, 11) is 0. The molecule has 3 amide bonds. The summed E-state index contributed by atoms with van der Waals surface area (Å²) in [4.78, 5) is 41.2. The highest BCUT2D eigenvalue weighted by Gasteiger charge is 2.59. The van der Waals surface area contributed by atoms with E-state index in [1.54, 1.807) is 4.90 Å². The maximum Gasteiger partial charge on any atom is 0.247 e. The molecule has 5 nitrogen and oxygen atoms in total. The van der Waals surface area contributed by atoms with Gasteiger partial charge >= 0.3 is 0 Å². The third kappa shape index (κ3) is 2.49. The van der Waals surface area contributed by atoms with E-state index in [0.717, 1.165) is 18.5 Å². The molecule has 0 N–H and O–H groups in total. The monoisotopic (exact) mass is 352 g/mol. The molecule has 1 aromatic rings. The van der Waals surface area contributed by atoms with Gasteiger partial charge in [-0.2, -0.15) is 0 Å². The standard InChI is InChI=1S/C21H24N2O3/c1-3-13-5-9-16(10-6-13)22(4-2)17(24)12-23-20(25)18-14-7-8-15(11-14)19(18)21(23)26/h5-10,14-15,18-19H,3-4,11-12H2,1-2H3/t14-,15-,18-,19+/m0/s1. The molecule has 26 heavy (non-hydrogen) atoms. The van der Waals surface area contributed by atoms with E-state index in [4.69, 9.17) is 0 Å². The smallest absolute Gasteiger partial charge is 0.247 e. The molecule has 2 fully saturated rings. The molecule has 1 aliphatic heterocycles. The Hall–Kier alpha value is -2.43. The van der Waals surface area contributed by atoms with Gasteiger partial charge in [0, 0.05) is 12.2 Å². The van der Waals surface area contributed by atoms with Crippen molar-refractivity contribution in [2.75, 3.05) is 18.0 Å². The van der Waals surface area contributed by atoms with Gasteiger partial charge in [-0.1, -0.05) is 31.2 Å². The van der Waals surface area contributed by atoms with Crippen molar-refractivity contribution in [1.29, 1.82) is 0 Å². The molecule has 0 spiro atoms. The number of nitrogens with zero attached hydrogens (tertiary/aromatic N) is 2. The van der Waals surface area contributed by atoms with Crippen LogP contribution in [0.2, 0.25) is 0 Å². The third-order valence-corrected chi connectivity index (χ3v) is 6.13. The highest BCUT2D eigenvalue weighted by Crippen LogP contribution is 2.52. The lowest BCUT2D eigenvalue weighted by Gasteiger charge is -2.24. The van der Waals surface area contributed by atoms with Crippen LogP contribution in [0.25, 0.3) is 0 Å². The summed E-state index contributed by atoms with van der Waals surface area (Å²) < 4.78 is 0. The van der Waals surface area contributed by atoms with Crippen molar-refractivity contribution < 1.29 is 14.4 Å². The van der Waals surface area contributed by atoms with Crippen LogP contribution >= 0.6 is 0 Å². The second-order valence-electron chi connectivity index (χ2n) is 7.42. The van der Waals surface area contributed by atoms with Crippen LogP contribution < -0.4 is 4.90 Å². The Labute approximate surface area is 153 Å². The van der Waals surface area contributed by atoms with Crippen LogP contribution in [-0.2, 0) is 20.8 Å². The second-order valence-corrected chi connectivity index (χ2v) is 7.42. The van der Waals surface area contributed by atoms with E-state index in [-0.39, 0.29) is 47.9 Å². The fourth-order valence-corrected chi connectivity index (χ4v) is 4.76. The number of hydrogen-bond acceptors (Lipinski definition) is 3. The van der Waals surface area contributed by atoms with Crippen LogP contribution in [-0.4, -0.2) is 35.7 Å². The number of anilines is 1. The van der Waals surface area contributed by atoms with E-state index in [2.05, 4.69) is 19.1 Å². The quantitative estimate of drug-likeness (QED) is 0.604. The van der Waals surface area contributed by atoms with Gasteiger partial charge in [-0.15, -0.1) is 0 Å². The van der Waals surface area contributed by atoms with Gasteiger partial charge in [0.25, 0.3) is 0 Å². The zero-order valence-electron chi connectivity index (χ0n) is 15.2. The molecule has 0 unspecified atom stereocenters. The molecular formula is C21H24N2O3. The number of carbonyl (C=O) groups is 3. The second kappa shape index (κ2) is 6.38. The third-order valence-electron chi connectivity index (χ3n) is 6.13. The van der Waals surface area contributed by atoms with Crippen LogP contribution in [0.5, 0.6) is 0 Å². The van der Waals surface area contributed by atoms with Crippen molar-refractivity contribution >= 4 is 23.4 Å². The van der Waals surface area contributed by atoms with Gasteiger partial charge in [0.1, 0.15) is 6.54 Å². The van der Waals surface area contributed by atoms with Crippen LogP contribution in [0.3, 0.4) is 0 Å². The summed E-state index contributed by atoms with van der Waals surface area (Å²) >= 11 is 0. The molecule has 2 bridgehead atoms. The number of hydrogen-bond donors (Lipinski definition) is 0. The first kappa shape index (κ1) is 17.0. The fourth-order valence-electron chi connectivity index (χ4n) is 4.76. The van der Waals surface area contributed by atoms with Crippen LogP contribution in [0.15, 0.2) is 36.4 Å². The number of rotatable bonds is 5. The van der Waals surface area contributed by atoms with Crippen molar-refractivity contribution in [3.8, 4) is 0 Å². The van der Waals surface area contributed by atoms with E-state index >= 15 is 0 Å². The molecule has 2 aliphatic carbocycles. The minimum absolute atomic E-state index is 0.159. The van der Waals surface area contributed by atoms with Crippen molar-refractivity contribution in [2.45, 2.75) is 26.7 Å². The van der Waals surface area contributed by atoms with Crippen molar-refractivity contribution in [3.63, 3.8) is 0 Å². The predicted octanol–water partition coefficient (Wildman–Crippen LogP) is 2.41. The number of aryl methyl sites for hydroxylation is 1. The molecular weight excluding hydrogens is 328 g/mol. The highest BCUT2D eigenvalue weighted by molar-refractivity contribution is 6.10. The van der Waals surface area contributed by atoms with Crippen molar-refractivity contribution in [2.24, 2.45) is 23.7 Å². The Morgan fingerprint density at radius 2 is 1.62 bits per heavy atom. The Morgan fingerprint density at radius 1 is 1.04 bits per heavy atom. The van der Waals surface area contributed by atoms with Gasteiger partial charge in [0.2, 0.25) is 17.7 Å². The average molecular weight is 352 g/mol. The van der Waals surface area contributed by atoms with Crippen molar-refractivity contribution in [3.05, 3.63) is 42.0 Å². The first-order valence-electron chi connectivity index (χ1n) is 9.48. The molecule has 0 radical (unpaired) electrons. The Bertz CT molecular complexity index is 753. The number of fused-ring (bicyclic) bond motifs is 5. The fraction of sp³-hybridized carbons (Fsp3) is 0.476. The Balaban J connectivity index is 1.50. The van der Waals surface area contributed by atoms with Gasteiger partial charge in [-0.25, -0.2) is 0 Å². The number of carbonyl (C=O) groups excluding carboxylic acids is 3. The van der Waals surface area contributed by atoms with E-state index < -0.39 is 0 Å². The van der Waals surface area contributed by atoms with E-state index in [1.807, 2.05) is 31.2 Å². The summed E-state index contributed by atoms with van der Waals surface area (Å²) in [6.07, 6.45) is 5.97. The molecule has 1 saturated carbocycles. The van der Waals surface area contributed by atoms with Gasteiger partial charge in [-0.05, 0) is 49.3 Å². The maximum atomic E-state index is 12.8. The van der Waals surface area contributed by atoms with E-state index in [1.165, 1.54) is 10.5 Å². The zero-order valence-corrected chi connectivity index (χ0v) is 15.2. The van der Waals surface area contributed by atoms with E-state index in [0.29, 0.717) is 6.54 Å². The minimum Gasteiger partial charge on any atom is -0.311 e. The molecule has 5 heteroatoms. The van der Waals surface area contributed by atoms with Gasteiger partial charge in [0.15, 0.2) is 0 Å². The molecule has 3 aliphatic rings. The predicted molar refractivity (Wildman–Crippen MR) is 98.3 cm³/mol. The molecule has 1 heterocycles. The van der Waals surface area contributed by atoms with E-state index in [9.17, 15) is 14.4 Å². The van der Waals surface area contributed by atoms with Gasteiger partial charge in [0.05, 0.1) is 11.8 Å². The Kier molecular flexibility index (Phi) is 4.17. The number of amides is 3. The summed E-state index contributed by atoms with van der Waals surface area (Å²) in [5.41, 5.74) is 2.01. The normalized spacial score (nSPS) is 28.8. The lowest BCUT2D eigenvalue weighted by molar-refractivity contribution is -0.143. The Morgan fingerprint density at radius 3 is 2.12 bits per heavy atom. The molecule has 4 atom stereocenters. The number of imide groups is 1. The zero-order chi connectivity index (χ0) is 18.4. The largest absolute Gasteiger partial charge is 0.311 e. The molecule has 0 aromatic heterocycles. The first-order chi connectivity index (χ1) is 12.5. The maximum absolute atomic E-state index is 12.8. The summed E-state index contributed by atoms with van der Waals surface area (Å²) in [5.74, 6) is -0.687. The number of benzene rings is 1.